The first-order chi connectivity index (χ1) is 15.6. The summed E-state index contributed by atoms with van der Waals surface area (Å²) in [5.74, 6) is -5.00. The SMILES string of the molecule is CC(C)C(=O)[C@](O)(C(=O)Nc1ccccc1)[C@](O)(C(=O)c1ccc(F)cc1)c1ccccc1. The predicted octanol–water partition coefficient (Wildman–Crippen LogP) is 3.49. The van der Waals surface area contributed by atoms with Crippen LogP contribution in [0.5, 0.6) is 0 Å². The number of ketones is 2. The third-order valence-electron chi connectivity index (χ3n) is 5.39. The highest BCUT2D eigenvalue weighted by molar-refractivity contribution is 6.21. The molecule has 33 heavy (non-hydrogen) atoms. The van der Waals surface area contributed by atoms with Crippen LogP contribution in [0.15, 0.2) is 84.9 Å². The van der Waals surface area contributed by atoms with Gasteiger partial charge in [0.2, 0.25) is 11.4 Å². The van der Waals surface area contributed by atoms with Crippen LogP contribution in [-0.2, 0) is 15.2 Å². The van der Waals surface area contributed by atoms with Crippen molar-refractivity contribution >= 4 is 23.2 Å². The van der Waals surface area contributed by atoms with Gasteiger partial charge in [-0.25, -0.2) is 4.39 Å². The first kappa shape index (κ1) is 24.0. The van der Waals surface area contributed by atoms with Gasteiger partial charge in [-0.1, -0.05) is 62.4 Å². The number of aliphatic hydroxyl groups is 2. The van der Waals surface area contributed by atoms with Crippen LogP contribution in [0, 0.1) is 11.7 Å². The Kier molecular flexibility index (Phi) is 6.86. The molecule has 0 bridgehead atoms. The van der Waals surface area contributed by atoms with Crippen molar-refractivity contribution in [3.05, 3.63) is 102 Å². The lowest BCUT2D eigenvalue weighted by molar-refractivity contribution is -0.175. The largest absolute Gasteiger partial charge is 0.374 e. The van der Waals surface area contributed by atoms with Crippen LogP contribution in [0.3, 0.4) is 0 Å². The van der Waals surface area contributed by atoms with Gasteiger partial charge in [-0.2, -0.15) is 0 Å². The van der Waals surface area contributed by atoms with Gasteiger partial charge in [0, 0.05) is 17.2 Å². The summed E-state index contributed by atoms with van der Waals surface area (Å²) in [5, 5.41) is 26.0. The minimum absolute atomic E-state index is 0.168. The van der Waals surface area contributed by atoms with Gasteiger partial charge in [-0.05, 0) is 42.0 Å². The van der Waals surface area contributed by atoms with Crippen LogP contribution in [-0.4, -0.2) is 33.3 Å². The van der Waals surface area contributed by atoms with Crippen LogP contribution >= 0.6 is 0 Å². The molecule has 7 heteroatoms. The van der Waals surface area contributed by atoms with Crippen molar-refractivity contribution in [2.24, 2.45) is 5.92 Å². The normalized spacial score (nSPS) is 14.7. The zero-order chi connectivity index (χ0) is 24.2. The fraction of sp³-hybridized carbons (Fsp3) is 0.192. The van der Waals surface area contributed by atoms with Crippen molar-refractivity contribution in [1.82, 2.24) is 0 Å². The molecular formula is C26H24FNO5. The molecule has 0 saturated heterocycles. The van der Waals surface area contributed by atoms with E-state index in [1.54, 1.807) is 24.3 Å². The second kappa shape index (κ2) is 9.44. The standard InChI is InChI=1S/C26H24FNO5/c1-17(2)22(29)26(33,24(31)28-21-11-7-4-8-12-21)25(32,19-9-5-3-6-10-19)23(30)18-13-15-20(27)16-14-18/h3-17,32-33H,1-2H3,(H,28,31)/t25-,26+/m1/s1. The topological polar surface area (TPSA) is 104 Å². The Morgan fingerprint density at radius 2 is 1.33 bits per heavy atom. The molecule has 2 atom stereocenters. The Morgan fingerprint density at radius 1 is 0.818 bits per heavy atom. The van der Waals surface area contributed by atoms with Gasteiger partial charge in [-0.3, -0.25) is 14.4 Å². The molecule has 0 fully saturated rings. The summed E-state index contributed by atoms with van der Waals surface area (Å²) >= 11 is 0. The molecule has 0 saturated carbocycles. The maximum Gasteiger partial charge on any atom is 0.268 e. The Hall–Kier alpha value is -3.68. The van der Waals surface area contributed by atoms with Crippen molar-refractivity contribution in [3.8, 4) is 0 Å². The van der Waals surface area contributed by atoms with E-state index in [9.17, 15) is 29.0 Å². The lowest BCUT2D eigenvalue weighted by atomic mass is 9.68. The summed E-state index contributed by atoms with van der Waals surface area (Å²) in [6, 6.07) is 19.5. The van der Waals surface area contributed by atoms with E-state index < -0.39 is 40.4 Å². The third-order valence-corrected chi connectivity index (χ3v) is 5.39. The maximum atomic E-state index is 13.6. The molecule has 3 N–H and O–H groups in total. The van der Waals surface area contributed by atoms with E-state index in [0.717, 1.165) is 24.3 Å². The molecule has 0 aromatic heterocycles. The van der Waals surface area contributed by atoms with Gasteiger partial charge < -0.3 is 15.5 Å². The maximum absolute atomic E-state index is 13.6. The van der Waals surface area contributed by atoms with Crippen LogP contribution in [0.4, 0.5) is 10.1 Å². The summed E-state index contributed by atoms with van der Waals surface area (Å²) in [5.41, 5.74) is -6.32. The lowest BCUT2D eigenvalue weighted by Crippen LogP contribution is -2.68. The van der Waals surface area contributed by atoms with Crippen molar-refractivity contribution in [2.75, 3.05) is 5.32 Å². The van der Waals surface area contributed by atoms with E-state index in [-0.39, 0.29) is 16.8 Å². The number of hydrogen-bond donors (Lipinski definition) is 3. The molecule has 6 nitrogen and oxygen atoms in total. The van der Waals surface area contributed by atoms with E-state index in [1.165, 1.54) is 50.2 Å². The lowest BCUT2D eigenvalue weighted by Gasteiger charge is -2.41. The first-order valence-electron chi connectivity index (χ1n) is 10.3. The van der Waals surface area contributed by atoms with Gasteiger partial charge in [0.05, 0.1) is 0 Å². The molecule has 1 amide bonds. The third kappa shape index (κ3) is 4.33. The van der Waals surface area contributed by atoms with E-state index >= 15 is 0 Å². The average Bonchev–Trinajstić information content (AvgIpc) is 2.83. The molecule has 0 radical (unpaired) electrons. The zero-order valence-corrected chi connectivity index (χ0v) is 18.2. The minimum atomic E-state index is -3.20. The van der Waals surface area contributed by atoms with Crippen molar-refractivity contribution in [2.45, 2.75) is 25.0 Å². The number of carbonyl (C=O) groups is 3. The molecule has 3 aromatic rings. The summed E-state index contributed by atoms with van der Waals surface area (Å²) < 4.78 is 13.5. The quantitative estimate of drug-likeness (QED) is 0.361. The molecule has 0 unspecified atom stereocenters. The monoisotopic (exact) mass is 449 g/mol. The Labute approximate surface area is 190 Å². The molecule has 3 rings (SSSR count). The van der Waals surface area contributed by atoms with Gasteiger partial charge >= 0.3 is 0 Å². The van der Waals surface area contributed by atoms with Crippen molar-refractivity contribution in [1.29, 1.82) is 0 Å². The number of nitrogens with one attached hydrogen (secondary N) is 1. The fourth-order valence-corrected chi connectivity index (χ4v) is 3.61. The van der Waals surface area contributed by atoms with E-state index in [0.29, 0.717) is 0 Å². The summed E-state index contributed by atoms with van der Waals surface area (Å²) in [6.07, 6.45) is 0. The Morgan fingerprint density at radius 3 is 1.85 bits per heavy atom. The Balaban J connectivity index is 2.26. The second-order valence-electron chi connectivity index (χ2n) is 7.96. The fourth-order valence-electron chi connectivity index (χ4n) is 3.61. The van der Waals surface area contributed by atoms with E-state index in [2.05, 4.69) is 5.32 Å². The Bertz CT molecular complexity index is 1150. The van der Waals surface area contributed by atoms with Gasteiger partial charge in [0.25, 0.3) is 5.91 Å². The number of rotatable bonds is 8. The molecule has 0 aliphatic heterocycles. The average molecular weight is 449 g/mol. The zero-order valence-electron chi connectivity index (χ0n) is 18.2. The number of amides is 1. The number of hydrogen-bond acceptors (Lipinski definition) is 5. The van der Waals surface area contributed by atoms with Crippen molar-refractivity contribution in [3.63, 3.8) is 0 Å². The molecule has 0 aliphatic carbocycles. The molecule has 0 spiro atoms. The molecule has 0 heterocycles. The van der Waals surface area contributed by atoms with E-state index in [1.807, 2.05) is 0 Å². The highest BCUT2D eigenvalue weighted by Gasteiger charge is 2.65. The van der Waals surface area contributed by atoms with Crippen molar-refractivity contribution < 1.29 is 29.0 Å². The van der Waals surface area contributed by atoms with Crippen LogP contribution < -0.4 is 5.32 Å². The number of halogens is 1. The van der Waals surface area contributed by atoms with Gasteiger partial charge in [0.15, 0.2) is 11.4 Å². The first-order valence-corrected chi connectivity index (χ1v) is 10.3. The second-order valence-corrected chi connectivity index (χ2v) is 7.96. The highest BCUT2D eigenvalue weighted by Crippen LogP contribution is 2.40. The van der Waals surface area contributed by atoms with Gasteiger partial charge in [0.1, 0.15) is 5.82 Å². The number of benzene rings is 3. The number of anilines is 1. The van der Waals surface area contributed by atoms with Crippen LogP contribution in [0.1, 0.15) is 29.8 Å². The molecule has 0 aliphatic rings. The smallest absolute Gasteiger partial charge is 0.268 e. The van der Waals surface area contributed by atoms with Crippen LogP contribution in [0.25, 0.3) is 0 Å². The summed E-state index contributed by atoms with van der Waals surface area (Å²) in [4.78, 5) is 40.4. The molecule has 170 valence electrons. The number of carbonyl (C=O) groups excluding carboxylic acids is 3. The molecule has 3 aromatic carbocycles. The van der Waals surface area contributed by atoms with Crippen LogP contribution in [0.2, 0.25) is 0 Å². The summed E-state index contributed by atoms with van der Waals surface area (Å²) in [7, 11) is 0. The minimum Gasteiger partial charge on any atom is -0.374 e. The highest BCUT2D eigenvalue weighted by atomic mass is 19.1. The van der Waals surface area contributed by atoms with E-state index in [4.69, 9.17) is 0 Å². The van der Waals surface area contributed by atoms with Gasteiger partial charge in [-0.15, -0.1) is 0 Å². The molecular weight excluding hydrogens is 425 g/mol. The summed E-state index contributed by atoms with van der Waals surface area (Å²) in [6.45, 7) is 2.88. The number of Topliss-reactive ketones (excluding diaryl/α,β-unsaturated/α-hetero) is 2. The predicted molar refractivity (Wildman–Crippen MR) is 121 cm³/mol. The number of para-hydroxylation sites is 1.